The summed E-state index contributed by atoms with van der Waals surface area (Å²) in [5.41, 5.74) is 0. The molecule has 2 aromatic rings. The summed E-state index contributed by atoms with van der Waals surface area (Å²) in [6, 6.07) is 6.89. The number of halogens is 8. The first-order valence-electron chi connectivity index (χ1n) is 8.11. The van der Waals surface area contributed by atoms with Crippen molar-refractivity contribution in [1.82, 2.24) is 0 Å². The van der Waals surface area contributed by atoms with Gasteiger partial charge in [0.25, 0.3) is 0 Å². The second kappa shape index (κ2) is 11.1. The molecule has 0 bridgehead atoms. The fourth-order valence-electron chi connectivity index (χ4n) is 1.78. The predicted octanol–water partition coefficient (Wildman–Crippen LogP) is 5.15. The van der Waals surface area contributed by atoms with Gasteiger partial charge in [-0.1, -0.05) is 0 Å². The summed E-state index contributed by atoms with van der Waals surface area (Å²) in [6.45, 7) is 0. The Morgan fingerprint density at radius 1 is 0.697 bits per heavy atom. The highest BCUT2D eigenvalue weighted by atomic mass is 32.2. The molecule has 0 aliphatic carbocycles. The smallest absolute Gasteiger partial charge is 0.428 e. The zero-order valence-electron chi connectivity index (χ0n) is 15.5. The molecule has 0 amide bonds. The van der Waals surface area contributed by atoms with Gasteiger partial charge in [-0.05, 0) is 48.5 Å². The third-order valence-corrected chi connectivity index (χ3v) is 4.67. The van der Waals surface area contributed by atoms with Crippen LogP contribution in [0.1, 0.15) is 0 Å². The fraction of sp³-hybridized carbons (Fsp3) is 0.250. The zero-order valence-corrected chi connectivity index (χ0v) is 17.1. The number of ether oxygens (including phenoxy) is 2. The first-order valence-corrected chi connectivity index (χ1v) is 10.2. The van der Waals surface area contributed by atoms with Crippen LogP contribution >= 0.6 is 0 Å². The Morgan fingerprint density at radius 3 is 1.52 bits per heavy atom. The Balaban J connectivity index is 1.85. The summed E-state index contributed by atoms with van der Waals surface area (Å²) in [5, 5.41) is 0. The van der Waals surface area contributed by atoms with E-state index < -0.39 is 58.9 Å². The van der Waals surface area contributed by atoms with Crippen LogP contribution in [-0.4, -0.2) is 33.5 Å². The molecule has 0 aromatic heterocycles. The summed E-state index contributed by atoms with van der Waals surface area (Å²) in [6.07, 6.45) is -17.6. The largest absolute Gasteiger partial charge is 0.461 e. The normalized spacial score (nSPS) is 14.2. The Morgan fingerprint density at radius 2 is 1.09 bits per heavy atom. The first-order chi connectivity index (χ1) is 15.3. The van der Waals surface area contributed by atoms with E-state index in [2.05, 4.69) is 18.6 Å². The average molecular weight is 528 g/mol. The van der Waals surface area contributed by atoms with Crippen molar-refractivity contribution in [2.24, 2.45) is 0 Å². The molecule has 0 aliphatic rings. The van der Waals surface area contributed by atoms with Crippen LogP contribution in [0.25, 0.3) is 4.89 Å². The van der Waals surface area contributed by atoms with Crippen LogP contribution in [0.4, 0.5) is 35.1 Å². The molecule has 0 fully saturated rings. The molecule has 2 rings (SSSR count). The van der Waals surface area contributed by atoms with E-state index in [4.69, 9.17) is 4.18 Å². The summed E-state index contributed by atoms with van der Waals surface area (Å²) in [4.78, 5) is 2.75. The summed E-state index contributed by atoms with van der Waals surface area (Å²) < 4.78 is 140. The van der Waals surface area contributed by atoms with Gasteiger partial charge >= 0.3 is 25.1 Å². The summed E-state index contributed by atoms with van der Waals surface area (Å²) in [5.74, 6) is -1.56. The zero-order chi connectivity index (χ0) is 24.8. The SMILES string of the molecule is O=S([N-]OS(=O)c1ccc(OC(F)(F)C(F)F)cc1)Oc1ccc(OC(F)(F)C(F)F)cc1. The standard InChI is InChI=1S/C16H10F8NO6S2/c17-13(18)15(21,22)28-9-1-3-11(4-2-9)30-33(27)25-31-32(26)12-7-5-10(6-8-12)29-16(23,24)14(19)20/h1-8,13-14H/q-1. The lowest BCUT2D eigenvalue weighted by Crippen LogP contribution is -2.33. The second-order valence-electron chi connectivity index (χ2n) is 5.56. The van der Waals surface area contributed by atoms with Gasteiger partial charge in [0.15, 0.2) is 11.1 Å². The molecule has 2 unspecified atom stereocenters. The topological polar surface area (TPSA) is 85.2 Å². The Kier molecular flexibility index (Phi) is 8.98. The van der Waals surface area contributed by atoms with Crippen LogP contribution in [0, 0.1) is 0 Å². The van der Waals surface area contributed by atoms with Crippen molar-refractivity contribution in [2.45, 2.75) is 30.0 Å². The van der Waals surface area contributed by atoms with Gasteiger partial charge < -0.3 is 22.8 Å². The molecule has 184 valence electrons. The molecule has 33 heavy (non-hydrogen) atoms. The van der Waals surface area contributed by atoms with Crippen molar-refractivity contribution < 1.29 is 61.5 Å². The quantitative estimate of drug-likeness (QED) is 0.280. The number of benzene rings is 2. The van der Waals surface area contributed by atoms with Crippen LogP contribution in [0.2, 0.25) is 0 Å². The van der Waals surface area contributed by atoms with Gasteiger partial charge in [0.2, 0.25) is 0 Å². The van der Waals surface area contributed by atoms with E-state index in [1.807, 2.05) is 0 Å². The molecule has 0 N–H and O–H groups in total. The van der Waals surface area contributed by atoms with Gasteiger partial charge in [0.1, 0.15) is 28.5 Å². The lowest BCUT2D eigenvalue weighted by atomic mass is 10.3. The fourth-order valence-corrected chi connectivity index (χ4v) is 2.95. The monoisotopic (exact) mass is 528 g/mol. The average Bonchev–Trinajstić information content (AvgIpc) is 2.73. The molecule has 7 nitrogen and oxygen atoms in total. The van der Waals surface area contributed by atoms with Gasteiger partial charge in [0, 0.05) is 0 Å². The first kappa shape index (κ1) is 26.7. The minimum Gasteiger partial charge on any atom is -0.428 e. The lowest BCUT2D eigenvalue weighted by molar-refractivity contribution is -0.253. The molecule has 2 aromatic carbocycles. The highest BCUT2D eigenvalue weighted by Gasteiger charge is 2.44. The molecule has 2 atom stereocenters. The van der Waals surface area contributed by atoms with Crippen molar-refractivity contribution in [3.8, 4) is 17.2 Å². The number of rotatable bonds is 12. The third kappa shape index (κ3) is 8.09. The molecule has 0 saturated carbocycles. The molecule has 0 radical (unpaired) electrons. The highest BCUT2D eigenvalue weighted by molar-refractivity contribution is 7.85. The number of hydrogen-bond donors (Lipinski definition) is 0. The van der Waals surface area contributed by atoms with Gasteiger partial charge in [-0.25, -0.2) is 8.42 Å². The maximum Gasteiger partial charge on any atom is 0.461 e. The van der Waals surface area contributed by atoms with Gasteiger partial charge in [-0.2, -0.15) is 35.1 Å². The van der Waals surface area contributed by atoms with Crippen LogP contribution in [0.3, 0.4) is 0 Å². The maximum absolute atomic E-state index is 12.8. The lowest BCUT2D eigenvalue weighted by Gasteiger charge is -2.19. The summed E-state index contributed by atoms with van der Waals surface area (Å²) >= 11 is -5.05. The van der Waals surface area contributed by atoms with E-state index in [1.165, 1.54) is 0 Å². The van der Waals surface area contributed by atoms with E-state index in [0.717, 1.165) is 48.5 Å². The molecule has 0 spiro atoms. The Bertz CT molecular complexity index is 962. The Hall–Kier alpha value is -2.50. The molecule has 0 heterocycles. The maximum atomic E-state index is 12.8. The number of hydrogen-bond acceptors (Lipinski definition) is 6. The molecular weight excluding hydrogens is 518 g/mol. The van der Waals surface area contributed by atoms with E-state index >= 15 is 0 Å². The van der Waals surface area contributed by atoms with E-state index in [0.29, 0.717) is 0 Å². The van der Waals surface area contributed by atoms with Gasteiger partial charge in [-0.15, -0.1) is 0 Å². The molecular formula is C16H10F8NO6S2-. The van der Waals surface area contributed by atoms with Crippen LogP contribution in [0.15, 0.2) is 53.4 Å². The van der Waals surface area contributed by atoms with Crippen molar-refractivity contribution in [2.75, 3.05) is 0 Å². The van der Waals surface area contributed by atoms with Crippen molar-refractivity contribution >= 4 is 22.3 Å². The van der Waals surface area contributed by atoms with Crippen LogP contribution in [-0.2, 0) is 26.6 Å². The number of alkyl halides is 8. The second-order valence-corrected chi connectivity index (χ2v) is 7.40. The molecule has 0 saturated heterocycles. The summed E-state index contributed by atoms with van der Waals surface area (Å²) in [7, 11) is 0. The number of nitrogens with zero attached hydrogens (tertiary/aromatic N) is 1. The Labute approximate surface area is 185 Å². The van der Waals surface area contributed by atoms with E-state index in [9.17, 15) is 43.5 Å². The van der Waals surface area contributed by atoms with E-state index in [-0.39, 0.29) is 10.6 Å². The third-order valence-electron chi connectivity index (χ3n) is 3.18. The van der Waals surface area contributed by atoms with Gasteiger partial charge in [0.05, 0.1) is 4.90 Å². The van der Waals surface area contributed by atoms with E-state index in [1.54, 1.807) is 0 Å². The van der Waals surface area contributed by atoms with Crippen LogP contribution in [0.5, 0.6) is 17.2 Å². The van der Waals surface area contributed by atoms with Crippen molar-refractivity contribution in [3.63, 3.8) is 0 Å². The molecule has 0 aliphatic heterocycles. The minimum atomic E-state index is -4.74. The molecule has 17 heteroatoms. The van der Waals surface area contributed by atoms with Crippen molar-refractivity contribution in [3.05, 3.63) is 53.4 Å². The van der Waals surface area contributed by atoms with Crippen LogP contribution < -0.4 is 13.7 Å². The van der Waals surface area contributed by atoms with Gasteiger partial charge in [-0.3, -0.25) is 0 Å². The van der Waals surface area contributed by atoms with Crippen molar-refractivity contribution in [1.29, 1.82) is 0 Å². The highest BCUT2D eigenvalue weighted by Crippen LogP contribution is 2.30. The minimum absolute atomic E-state index is 0.204. The predicted molar refractivity (Wildman–Crippen MR) is 95.7 cm³/mol.